The number of hydrogen-bond donors (Lipinski definition) is 1. The average molecular weight is 280 g/mol. The smallest absolute Gasteiger partial charge is 0.249 e. The Bertz CT molecular complexity index is 435. The van der Waals surface area contributed by atoms with Crippen molar-refractivity contribution in [2.75, 3.05) is 6.54 Å². The molecule has 4 atom stereocenters. The Labute approximate surface area is 120 Å². The van der Waals surface area contributed by atoms with Crippen LogP contribution in [0.15, 0.2) is 0 Å². The minimum atomic E-state index is -0.701. The summed E-state index contributed by atoms with van der Waals surface area (Å²) in [6.07, 6.45) is 4.40. The highest BCUT2D eigenvalue weighted by atomic mass is 16.5. The van der Waals surface area contributed by atoms with Gasteiger partial charge in [0, 0.05) is 6.54 Å². The zero-order valence-electron chi connectivity index (χ0n) is 12.5. The van der Waals surface area contributed by atoms with E-state index >= 15 is 0 Å². The van der Waals surface area contributed by atoms with E-state index in [4.69, 9.17) is 4.74 Å². The molecule has 1 aliphatic carbocycles. The molecule has 20 heavy (non-hydrogen) atoms. The van der Waals surface area contributed by atoms with Crippen molar-refractivity contribution in [3.8, 4) is 0 Å². The van der Waals surface area contributed by atoms with Crippen LogP contribution in [-0.2, 0) is 14.3 Å². The van der Waals surface area contributed by atoms with Crippen LogP contribution >= 0.6 is 0 Å². The first-order chi connectivity index (χ1) is 9.41. The molecule has 2 heterocycles. The highest BCUT2D eigenvalue weighted by molar-refractivity contribution is 5.99. The molecule has 5 nitrogen and oxygen atoms in total. The van der Waals surface area contributed by atoms with Gasteiger partial charge in [-0.15, -0.1) is 0 Å². The first-order valence-electron chi connectivity index (χ1n) is 7.70. The maximum atomic E-state index is 12.8. The van der Waals surface area contributed by atoms with Gasteiger partial charge in [-0.3, -0.25) is 9.59 Å². The van der Waals surface area contributed by atoms with E-state index in [0.717, 1.165) is 25.7 Å². The van der Waals surface area contributed by atoms with Crippen molar-refractivity contribution >= 4 is 11.8 Å². The van der Waals surface area contributed by atoms with Gasteiger partial charge in [-0.2, -0.15) is 0 Å². The molecular weight excluding hydrogens is 256 g/mol. The summed E-state index contributed by atoms with van der Waals surface area (Å²) in [4.78, 5) is 26.7. The van der Waals surface area contributed by atoms with Crippen molar-refractivity contribution < 1.29 is 14.3 Å². The van der Waals surface area contributed by atoms with Gasteiger partial charge >= 0.3 is 0 Å². The number of nitrogens with zero attached hydrogens (tertiary/aromatic N) is 1. The summed E-state index contributed by atoms with van der Waals surface area (Å²) < 4.78 is 5.81. The highest BCUT2D eigenvalue weighted by Crippen LogP contribution is 2.42. The van der Waals surface area contributed by atoms with Gasteiger partial charge in [0.05, 0.1) is 12.2 Å². The van der Waals surface area contributed by atoms with E-state index in [9.17, 15) is 9.59 Å². The lowest BCUT2D eigenvalue weighted by atomic mass is 9.89. The minimum absolute atomic E-state index is 0.0370. The summed E-state index contributed by atoms with van der Waals surface area (Å²) in [5.41, 5.74) is -0.701. The molecule has 3 aliphatic rings. The Morgan fingerprint density at radius 3 is 2.50 bits per heavy atom. The van der Waals surface area contributed by atoms with Crippen LogP contribution in [0.5, 0.6) is 0 Å². The summed E-state index contributed by atoms with van der Waals surface area (Å²) in [5.74, 6) is 0.331. The maximum absolute atomic E-state index is 12.8. The molecule has 1 saturated carbocycles. The second-order valence-corrected chi connectivity index (χ2v) is 6.75. The lowest BCUT2D eigenvalue weighted by Crippen LogP contribution is -2.70. The van der Waals surface area contributed by atoms with Crippen molar-refractivity contribution in [3.05, 3.63) is 0 Å². The normalized spacial score (nSPS) is 42.0. The quantitative estimate of drug-likeness (QED) is 0.841. The standard InChI is InChI=1S/C15H24N2O3/c1-9-4-7-12(20-9)8-17-10(2)13(18)16-15(3,14(17)19)11-5-6-11/h9-12H,4-8H2,1-3H3,(H,16,18). The summed E-state index contributed by atoms with van der Waals surface area (Å²) in [6, 6.07) is -0.395. The molecule has 3 fully saturated rings. The number of carbonyl (C=O) groups is 2. The SMILES string of the molecule is CC1CCC(CN2C(=O)C(C)(C3CC3)NC(=O)C2C)O1. The third kappa shape index (κ3) is 2.22. The van der Waals surface area contributed by atoms with Gasteiger partial charge in [-0.25, -0.2) is 0 Å². The molecule has 4 unspecified atom stereocenters. The number of hydrogen-bond acceptors (Lipinski definition) is 3. The lowest BCUT2D eigenvalue weighted by molar-refractivity contribution is -0.156. The van der Waals surface area contributed by atoms with Crippen molar-refractivity contribution in [2.45, 2.75) is 70.2 Å². The van der Waals surface area contributed by atoms with Gasteiger partial charge < -0.3 is 15.0 Å². The van der Waals surface area contributed by atoms with Gasteiger partial charge in [0.15, 0.2) is 0 Å². The second kappa shape index (κ2) is 4.72. The molecular formula is C15H24N2O3. The number of rotatable bonds is 3. The molecule has 5 heteroatoms. The predicted molar refractivity (Wildman–Crippen MR) is 74.0 cm³/mol. The Morgan fingerprint density at radius 1 is 1.25 bits per heavy atom. The summed E-state index contributed by atoms with van der Waals surface area (Å²) >= 11 is 0. The van der Waals surface area contributed by atoms with Crippen LogP contribution < -0.4 is 5.32 Å². The van der Waals surface area contributed by atoms with E-state index < -0.39 is 11.6 Å². The Kier molecular flexibility index (Phi) is 3.27. The van der Waals surface area contributed by atoms with Gasteiger partial charge in [-0.05, 0) is 52.4 Å². The number of amides is 2. The third-order valence-electron chi connectivity index (χ3n) is 5.05. The monoisotopic (exact) mass is 280 g/mol. The maximum Gasteiger partial charge on any atom is 0.249 e. The molecule has 112 valence electrons. The van der Waals surface area contributed by atoms with Crippen LogP contribution in [0.2, 0.25) is 0 Å². The molecule has 0 radical (unpaired) electrons. The molecule has 3 rings (SSSR count). The first-order valence-corrected chi connectivity index (χ1v) is 7.70. The number of nitrogens with one attached hydrogen (secondary N) is 1. The summed E-state index contributed by atoms with van der Waals surface area (Å²) in [6.45, 7) is 6.28. The molecule has 0 bridgehead atoms. The zero-order chi connectivity index (χ0) is 14.5. The summed E-state index contributed by atoms with van der Waals surface area (Å²) in [7, 11) is 0. The minimum Gasteiger partial charge on any atom is -0.373 e. The van der Waals surface area contributed by atoms with E-state index in [1.54, 1.807) is 11.8 Å². The molecule has 2 amide bonds. The number of piperazine rings is 1. The van der Waals surface area contributed by atoms with Crippen LogP contribution in [-0.4, -0.2) is 47.0 Å². The van der Waals surface area contributed by atoms with Crippen molar-refractivity contribution in [1.29, 1.82) is 0 Å². The van der Waals surface area contributed by atoms with Crippen molar-refractivity contribution in [2.24, 2.45) is 5.92 Å². The molecule has 0 aromatic carbocycles. The molecule has 0 aromatic heterocycles. The topological polar surface area (TPSA) is 58.6 Å². The van der Waals surface area contributed by atoms with Crippen molar-refractivity contribution in [3.63, 3.8) is 0 Å². The largest absolute Gasteiger partial charge is 0.373 e. The van der Waals surface area contributed by atoms with Crippen LogP contribution in [0.3, 0.4) is 0 Å². The van der Waals surface area contributed by atoms with E-state index in [1.165, 1.54) is 0 Å². The lowest BCUT2D eigenvalue weighted by Gasteiger charge is -2.44. The van der Waals surface area contributed by atoms with Crippen molar-refractivity contribution in [1.82, 2.24) is 10.2 Å². The predicted octanol–water partition coefficient (Wildman–Crippen LogP) is 1.07. The van der Waals surface area contributed by atoms with Crippen LogP contribution in [0.1, 0.15) is 46.5 Å². The second-order valence-electron chi connectivity index (χ2n) is 6.75. The van der Waals surface area contributed by atoms with E-state index in [-0.39, 0.29) is 24.0 Å². The van der Waals surface area contributed by atoms with E-state index in [2.05, 4.69) is 12.2 Å². The molecule has 0 aromatic rings. The fourth-order valence-corrected chi connectivity index (χ4v) is 3.45. The molecule has 1 N–H and O–H groups in total. The van der Waals surface area contributed by atoms with Gasteiger partial charge in [0.25, 0.3) is 0 Å². The first kappa shape index (κ1) is 13.9. The average Bonchev–Trinajstić information content (AvgIpc) is 3.17. The van der Waals surface area contributed by atoms with Gasteiger partial charge in [-0.1, -0.05) is 0 Å². The van der Waals surface area contributed by atoms with Gasteiger partial charge in [0.2, 0.25) is 11.8 Å². The fraction of sp³-hybridized carbons (Fsp3) is 0.867. The summed E-state index contributed by atoms with van der Waals surface area (Å²) in [5, 5.41) is 2.95. The Morgan fingerprint density at radius 2 is 1.95 bits per heavy atom. The van der Waals surface area contributed by atoms with E-state index in [0.29, 0.717) is 12.5 Å². The highest BCUT2D eigenvalue weighted by Gasteiger charge is 2.54. The van der Waals surface area contributed by atoms with Crippen LogP contribution in [0, 0.1) is 5.92 Å². The van der Waals surface area contributed by atoms with Crippen LogP contribution in [0.25, 0.3) is 0 Å². The Balaban J connectivity index is 1.76. The fourth-order valence-electron chi connectivity index (χ4n) is 3.45. The van der Waals surface area contributed by atoms with Gasteiger partial charge in [0.1, 0.15) is 11.6 Å². The Hall–Kier alpha value is -1.10. The van der Waals surface area contributed by atoms with Crippen LogP contribution in [0.4, 0.5) is 0 Å². The third-order valence-corrected chi connectivity index (χ3v) is 5.05. The molecule has 0 spiro atoms. The number of ether oxygens (including phenoxy) is 1. The molecule has 2 aliphatic heterocycles. The van der Waals surface area contributed by atoms with E-state index in [1.807, 2.05) is 6.92 Å². The number of carbonyl (C=O) groups excluding carboxylic acids is 2. The molecule has 2 saturated heterocycles. The zero-order valence-corrected chi connectivity index (χ0v) is 12.5.